The molecule has 3 aromatic carbocycles. The van der Waals surface area contributed by atoms with Gasteiger partial charge in [-0.2, -0.15) is 5.10 Å². The fourth-order valence-corrected chi connectivity index (χ4v) is 3.87. The maximum Gasteiger partial charge on any atom is 0.277 e. The molecule has 0 atom stereocenters. The van der Waals surface area contributed by atoms with Crippen LogP contribution in [0.15, 0.2) is 64.2 Å². The topological polar surface area (TPSA) is 78.4 Å². The van der Waals surface area contributed by atoms with E-state index in [1.54, 1.807) is 48.5 Å². The summed E-state index contributed by atoms with van der Waals surface area (Å²) in [6, 6.07) is 15.8. The number of para-hydroxylation sites is 2. The first-order valence-electron chi connectivity index (χ1n) is 9.93. The molecule has 0 unspecified atom stereocenters. The fourth-order valence-electron chi connectivity index (χ4n) is 2.84. The van der Waals surface area contributed by atoms with Gasteiger partial charge in [-0.05, 0) is 57.9 Å². The second-order valence-electron chi connectivity index (χ2n) is 6.79. The molecule has 0 bridgehead atoms. The summed E-state index contributed by atoms with van der Waals surface area (Å²) in [4.78, 5) is 12.1. The maximum absolute atomic E-state index is 12.1. The number of rotatable bonds is 10. The number of methoxy groups -OCH3 is 2. The molecule has 178 valence electrons. The Morgan fingerprint density at radius 2 is 1.74 bits per heavy atom. The highest BCUT2D eigenvalue weighted by Crippen LogP contribution is 2.37. The van der Waals surface area contributed by atoms with Crippen LogP contribution < -0.4 is 24.4 Å². The van der Waals surface area contributed by atoms with E-state index in [1.165, 1.54) is 20.4 Å². The van der Waals surface area contributed by atoms with E-state index in [2.05, 4.69) is 26.5 Å². The molecule has 1 N–H and O–H groups in total. The summed E-state index contributed by atoms with van der Waals surface area (Å²) in [5.41, 5.74) is 3.87. The molecule has 0 saturated carbocycles. The molecule has 10 heteroatoms. The average Bonchev–Trinajstić information content (AvgIpc) is 2.83. The van der Waals surface area contributed by atoms with E-state index < -0.39 is 5.91 Å². The van der Waals surface area contributed by atoms with E-state index in [0.717, 1.165) is 5.56 Å². The predicted molar refractivity (Wildman–Crippen MR) is 136 cm³/mol. The van der Waals surface area contributed by atoms with Crippen LogP contribution in [0.4, 0.5) is 0 Å². The van der Waals surface area contributed by atoms with Gasteiger partial charge in [0.15, 0.2) is 29.6 Å². The number of hydrogen-bond acceptors (Lipinski definition) is 6. The van der Waals surface area contributed by atoms with E-state index >= 15 is 0 Å². The molecule has 0 radical (unpaired) electrons. The number of hydrazone groups is 1. The quantitative estimate of drug-likeness (QED) is 0.244. The Hall–Kier alpha value is -2.94. The van der Waals surface area contributed by atoms with Crippen LogP contribution in [0.5, 0.6) is 23.0 Å². The molecule has 0 heterocycles. The van der Waals surface area contributed by atoms with Crippen molar-refractivity contribution < 1.29 is 23.7 Å². The fraction of sp³-hybridized carbons (Fsp3) is 0.167. The first-order valence-corrected chi connectivity index (χ1v) is 11.5. The molecule has 0 spiro atoms. The largest absolute Gasteiger partial charge is 0.493 e. The number of carbonyl (C=O) groups is 1. The van der Waals surface area contributed by atoms with Crippen LogP contribution in [-0.2, 0) is 11.4 Å². The van der Waals surface area contributed by atoms with Crippen molar-refractivity contribution in [2.24, 2.45) is 5.10 Å². The van der Waals surface area contributed by atoms with Crippen molar-refractivity contribution in [1.29, 1.82) is 0 Å². The second kappa shape index (κ2) is 12.5. The second-order valence-corrected chi connectivity index (χ2v) is 8.49. The van der Waals surface area contributed by atoms with Gasteiger partial charge in [0.05, 0.1) is 24.9 Å². The molecule has 0 aliphatic heterocycles. The number of benzene rings is 3. The average molecular weight is 568 g/mol. The number of ether oxygens (including phenoxy) is 4. The number of carbonyl (C=O) groups excluding carboxylic acids is 1. The minimum absolute atomic E-state index is 0.217. The van der Waals surface area contributed by atoms with Crippen LogP contribution in [0.1, 0.15) is 11.1 Å². The molecule has 3 rings (SSSR count). The van der Waals surface area contributed by atoms with E-state index in [4.69, 9.17) is 42.1 Å². The molecule has 0 aliphatic carbocycles. The lowest BCUT2D eigenvalue weighted by molar-refractivity contribution is -0.123. The van der Waals surface area contributed by atoms with Gasteiger partial charge >= 0.3 is 0 Å². The standard InChI is InChI=1S/C24H21BrCl2N2O5/c1-31-20-5-3-4-6-21(20)33-14-23(30)29-28-12-15-9-18(25)24(22(10-15)32-2)34-13-16-7-8-17(26)11-19(16)27/h3-12H,13-14H2,1-2H3,(H,29,30)/b28-12+. The smallest absolute Gasteiger partial charge is 0.277 e. The van der Waals surface area contributed by atoms with Crippen molar-refractivity contribution in [2.75, 3.05) is 20.8 Å². The molecule has 7 nitrogen and oxygen atoms in total. The van der Waals surface area contributed by atoms with Gasteiger partial charge in [-0.3, -0.25) is 4.79 Å². The monoisotopic (exact) mass is 566 g/mol. The van der Waals surface area contributed by atoms with Crippen LogP contribution >= 0.6 is 39.1 Å². The third kappa shape index (κ3) is 7.03. The number of halogens is 3. The van der Waals surface area contributed by atoms with Crippen LogP contribution in [0.3, 0.4) is 0 Å². The first-order chi connectivity index (χ1) is 16.4. The summed E-state index contributed by atoms with van der Waals surface area (Å²) in [5.74, 6) is 1.56. The molecule has 1 amide bonds. The normalized spacial score (nSPS) is 10.7. The van der Waals surface area contributed by atoms with Gasteiger partial charge in [0, 0.05) is 15.6 Å². The third-order valence-corrected chi connectivity index (χ3v) is 5.65. The lowest BCUT2D eigenvalue weighted by Crippen LogP contribution is -2.24. The Bertz CT molecular complexity index is 1190. The van der Waals surface area contributed by atoms with E-state index in [9.17, 15) is 4.79 Å². The van der Waals surface area contributed by atoms with Crippen molar-refractivity contribution in [2.45, 2.75) is 6.61 Å². The highest BCUT2D eigenvalue weighted by atomic mass is 79.9. The number of nitrogens with one attached hydrogen (secondary N) is 1. The minimum atomic E-state index is -0.423. The van der Waals surface area contributed by atoms with E-state index in [1.807, 2.05) is 6.07 Å². The summed E-state index contributed by atoms with van der Waals surface area (Å²) in [6.07, 6.45) is 1.48. The van der Waals surface area contributed by atoms with Crippen LogP contribution in [0.25, 0.3) is 0 Å². The Balaban J connectivity index is 1.60. The van der Waals surface area contributed by atoms with Crippen LogP contribution in [0, 0.1) is 0 Å². The summed E-state index contributed by atoms with van der Waals surface area (Å²) in [5, 5.41) is 5.03. The van der Waals surface area contributed by atoms with Gasteiger partial charge in [0.1, 0.15) is 6.61 Å². The summed E-state index contributed by atoms with van der Waals surface area (Å²) in [7, 11) is 3.06. The van der Waals surface area contributed by atoms with Gasteiger partial charge < -0.3 is 18.9 Å². The van der Waals surface area contributed by atoms with Crippen molar-refractivity contribution in [3.8, 4) is 23.0 Å². The summed E-state index contributed by atoms with van der Waals surface area (Å²) < 4.78 is 22.7. The Kier molecular flexibility index (Phi) is 9.44. The zero-order chi connectivity index (χ0) is 24.5. The van der Waals surface area contributed by atoms with Crippen molar-refractivity contribution in [3.63, 3.8) is 0 Å². The number of amides is 1. The maximum atomic E-state index is 12.1. The van der Waals surface area contributed by atoms with Gasteiger partial charge in [0.2, 0.25) is 0 Å². The molecule has 34 heavy (non-hydrogen) atoms. The zero-order valence-electron chi connectivity index (χ0n) is 18.3. The molecular weight excluding hydrogens is 547 g/mol. The molecule has 0 aromatic heterocycles. The van der Waals surface area contributed by atoms with Crippen molar-refractivity contribution in [3.05, 3.63) is 80.2 Å². The SMILES string of the molecule is COc1ccccc1OCC(=O)N/N=C/c1cc(Br)c(OCc2ccc(Cl)cc2Cl)c(OC)c1. The minimum Gasteiger partial charge on any atom is -0.493 e. The van der Waals surface area contributed by atoms with Gasteiger partial charge in [-0.1, -0.05) is 41.4 Å². The van der Waals surface area contributed by atoms with Crippen molar-refractivity contribution in [1.82, 2.24) is 5.43 Å². The molecular formula is C24H21BrCl2N2O5. The van der Waals surface area contributed by atoms with Crippen LogP contribution in [0.2, 0.25) is 10.0 Å². The lowest BCUT2D eigenvalue weighted by atomic mass is 10.2. The molecule has 0 fully saturated rings. The van der Waals surface area contributed by atoms with Gasteiger partial charge in [0.25, 0.3) is 5.91 Å². The Morgan fingerprint density at radius 3 is 2.44 bits per heavy atom. The highest BCUT2D eigenvalue weighted by Gasteiger charge is 2.13. The Labute approximate surface area is 215 Å². The predicted octanol–water partition coefficient (Wildman–Crippen LogP) is 5.88. The number of nitrogens with zero attached hydrogens (tertiary/aromatic N) is 1. The van der Waals surface area contributed by atoms with Crippen molar-refractivity contribution >= 4 is 51.3 Å². The number of hydrogen-bond donors (Lipinski definition) is 1. The third-order valence-electron chi connectivity index (χ3n) is 4.47. The van der Waals surface area contributed by atoms with Gasteiger partial charge in [-0.15, -0.1) is 0 Å². The Morgan fingerprint density at radius 1 is 1.00 bits per heavy atom. The molecule has 0 aliphatic rings. The first kappa shape index (κ1) is 25.7. The molecule has 3 aromatic rings. The van der Waals surface area contributed by atoms with E-state index in [0.29, 0.717) is 43.1 Å². The lowest BCUT2D eigenvalue weighted by Gasteiger charge is -2.14. The van der Waals surface area contributed by atoms with E-state index in [-0.39, 0.29) is 13.2 Å². The zero-order valence-corrected chi connectivity index (χ0v) is 21.4. The summed E-state index contributed by atoms with van der Waals surface area (Å²) >= 11 is 15.6. The molecule has 0 saturated heterocycles. The van der Waals surface area contributed by atoms with Gasteiger partial charge in [-0.25, -0.2) is 5.43 Å². The summed E-state index contributed by atoms with van der Waals surface area (Å²) in [6.45, 7) is 0.00538. The van der Waals surface area contributed by atoms with Crippen LogP contribution in [-0.4, -0.2) is 32.9 Å². The highest BCUT2D eigenvalue weighted by molar-refractivity contribution is 9.10.